The maximum atomic E-state index is 11.6. The molecule has 2 atom stereocenters. The number of ether oxygens (including phenoxy) is 2. The third-order valence-corrected chi connectivity index (χ3v) is 6.15. The molecule has 0 radical (unpaired) electrons. The Bertz CT molecular complexity index is 447. The topological polar surface area (TPSA) is 63.2 Å². The smallest absolute Gasteiger partial charge is 0.487 e. The van der Waals surface area contributed by atoms with Crippen LogP contribution in [0.25, 0.3) is 0 Å². The summed E-state index contributed by atoms with van der Waals surface area (Å²) in [4.78, 5) is 11.6. The Hall–Kier alpha value is -1.73. The molecule has 0 bridgehead atoms. The first-order chi connectivity index (χ1) is 11.6. The molecule has 0 aromatic carbocycles. The highest BCUT2D eigenvalue weighted by molar-refractivity contribution is 6.63. The van der Waals surface area contributed by atoms with Gasteiger partial charge in [0.15, 0.2) is 5.73 Å². The van der Waals surface area contributed by atoms with Crippen molar-refractivity contribution in [2.45, 2.75) is 72.8 Å². The minimum atomic E-state index is -3.47. The lowest BCUT2D eigenvalue weighted by Gasteiger charge is -2.36. The fourth-order valence-corrected chi connectivity index (χ4v) is 4.83. The second-order valence-corrected chi connectivity index (χ2v) is 8.19. The average Bonchev–Trinajstić information content (AvgIpc) is 2.48. The van der Waals surface area contributed by atoms with E-state index in [2.05, 4.69) is 19.7 Å². The molecule has 0 aliphatic rings. The van der Waals surface area contributed by atoms with Gasteiger partial charge in [0, 0.05) is 12.8 Å². The maximum Gasteiger partial charge on any atom is 0.729 e. The summed E-state index contributed by atoms with van der Waals surface area (Å²) in [7, 11) is -3.47. The zero-order valence-corrected chi connectivity index (χ0v) is 17.3. The summed E-state index contributed by atoms with van der Waals surface area (Å²) in [5.74, 6) is 0.941. The molecular weight excluding hydrogens is 340 g/mol. The van der Waals surface area contributed by atoms with Crippen molar-refractivity contribution in [2.75, 3.05) is 0 Å². The molecule has 0 rings (SSSR count). The van der Waals surface area contributed by atoms with E-state index in [0.717, 1.165) is 0 Å². The molecule has 0 aromatic heterocycles. The molecule has 0 aliphatic carbocycles. The summed E-state index contributed by atoms with van der Waals surface area (Å²) in [6.07, 6.45) is 0.548. The Balaban J connectivity index is 5.70. The van der Waals surface area contributed by atoms with Gasteiger partial charge < -0.3 is 22.8 Å². The van der Waals surface area contributed by atoms with Crippen LogP contribution in [0.15, 0.2) is 37.0 Å². The molecular formula is C18H32O6Si. The lowest BCUT2D eigenvalue weighted by atomic mass is 10.4. The van der Waals surface area contributed by atoms with E-state index in [1.807, 2.05) is 13.8 Å². The Labute approximate surface area is 152 Å². The van der Waals surface area contributed by atoms with Crippen LogP contribution in [-0.4, -0.2) is 26.8 Å². The van der Waals surface area contributed by atoms with Crippen LogP contribution in [0.3, 0.4) is 0 Å². The number of carbonyl (C=O) groups is 1. The number of rotatable bonds is 13. The molecule has 0 saturated heterocycles. The Morgan fingerprint density at radius 1 is 0.880 bits per heavy atom. The van der Waals surface area contributed by atoms with Crippen LogP contribution in [0.1, 0.15) is 60.8 Å². The number of hydrogen-bond donors (Lipinski definition) is 0. The van der Waals surface area contributed by atoms with Gasteiger partial charge in [-0.1, -0.05) is 40.5 Å². The second-order valence-electron chi connectivity index (χ2n) is 5.73. The monoisotopic (exact) mass is 372 g/mol. The van der Waals surface area contributed by atoms with E-state index < -0.39 is 20.8 Å². The molecule has 0 aliphatic heterocycles. The molecule has 6 nitrogen and oxygen atoms in total. The normalized spacial score (nSPS) is 13.4. The quantitative estimate of drug-likeness (QED) is 0.204. The van der Waals surface area contributed by atoms with E-state index in [-0.39, 0.29) is 12.4 Å². The van der Waals surface area contributed by atoms with E-state index >= 15 is 0 Å². The van der Waals surface area contributed by atoms with Crippen LogP contribution >= 0.6 is 0 Å². The highest BCUT2D eigenvalue weighted by Gasteiger charge is 2.58. The van der Waals surface area contributed by atoms with Crippen molar-refractivity contribution < 1.29 is 27.5 Å². The van der Waals surface area contributed by atoms with Crippen molar-refractivity contribution in [3.05, 3.63) is 37.0 Å². The largest absolute Gasteiger partial charge is 0.729 e. The first-order valence-corrected chi connectivity index (χ1v) is 10.3. The molecule has 0 N–H and O–H groups in total. The zero-order chi connectivity index (χ0) is 19.6. The third kappa shape index (κ3) is 8.26. The molecule has 0 amide bonds. The number of allylic oxidation sites excluding steroid dienone is 3. The lowest BCUT2D eigenvalue weighted by Crippen LogP contribution is -2.57. The maximum absolute atomic E-state index is 11.6. The summed E-state index contributed by atoms with van der Waals surface area (Å²) in [6, 6.07) is 0. The van der Waals surface area contributed by atoms with Crippen molar-refractivity contribution in [2.24, 2.45) is 0 Å². The molecule has 25 heavy (non-hydrogen) atoms. The number of esters is 1. The minimum Gasteiger partial charge on any atom is -0.487 e. The van der Waals surface area contributed by atoms with E-state index in [9.17, 15) is 4.79 Å². The SMILES string of the molecule is C=C(C)O[Si](OC(=C)C)(OC(=C)C)C(CC)OC(CC)OC(=O)CC. The molecule has 0 heterocycles. The minimum absolute atomic E-state index is 0.270. The summed E-state index contributed by atoms with van der Waals surface area (Å²) in [6.45, 7) is 22.0. The summed E-state index contributed by atoms with van der Waals surface area (Å²) in [5, 5.41) is 0. The van der Waals surface area contributed by atoms with Gasteiger partial charge in [-0.3, -0.25) is 4.79 Å². The van der Waals surface area contributed by atoms with Crippen molar-refractivity contribution in [1.82, 2.24) is 0 Å². The van der Waals surface area contributed by atoms with Crippen LogP contribution in [0.4, 0.5) is 0 Å². The predicted octanol–water partition coefficient (Wildman–Crippen LogP) is 4.60. The Kier molecular flexibility index (Phi) is 10.2. The zero-order valence-electron chi connectivity index (χ0n) is 16.3. The second kappa shape index (κ2) is 11.0. The number of hydrogen-bond acceptors (Lipinski definition) is 6. The van der Waals surface area contributed by atoms with Gasteiger partial charge >= 0.3 is 14.8 Å². The van der Waals surface area contributed by atoms with Gasteiger partial charge in [-0.2, -0.15) is 0 Å². The summed E-state index contributed by atoms with van der Waals surface area (Å²) >= 11 is 0. The fraction of sp³-hybridized carbons (Fsp3) is 0.611. The van der Waals surface area contributed by atoms with Gasteiger partial charge in [0.2, 0.25) is 6.29 Å². The standard InChI is InChI=1S/C18H32O6Si/c1-10-16(19)20-17(11-2)21-18(12-3)25(22-13(4)5,23-14(6)7)24-15(8)9/h17-18H,4,6,8,10-12H2,1-3,5,7,9H3. The van der Waals surface area contributed by atoms with E-state index in [4.69, 9.17) is 22.8 Å². The average molecular weight is 373 g/mol. The first-order valence-electron chi connectivity index (χ1n) is 8.48. The van der Waals surface area contributed by atoms with Crippen molar-refractivity contribution in [3.8, 4) is 0 Å². The number of carbonyl (C=O) groups excluding carboxylic acids is 1. The van der Waals surface area contributed by atoms with Crippen molar-refractivity contribution >= 4 is 14.8 Å². The Morgan fingerprint density at radius 2 is 1.32 bits per heavy atom. The molecule has 144 valence electrons. The van der Waals surface area contributed by atoms with Crippen molar-refractivity contribution in [3.63, 3.8) is 0 Å². The predicted molar refractivity (Wildman–Crippen MR) is 99.1 cm³/mol. The molecule has 0 saturated carbocycles. The van der Waals surface area contributed by atoms with Gasteiger partial charge in [0.1, 0.15) is 0 Å². The molecule has 2 unspecified atom stereocenters. The van der Waals surface area contributed by atoms with E-state index in [1.54, 1.807) is 27.7 Å². The van der Waals surface area contributed by atoms with Crippen molar-refractivity contribution in [1.29, 1.82) is 0 Å². The van der Waals surface area contributed by atoms with Gasteiger partial charge in [-0.25, -0.2) is 0 Å². The van der Waals surface area contributed by atoms with E-state index in [1.165, 1.54) is 0 Å². The first kappa shape index (κ1) is 23.3. The van der Waals surface area contributed by atoms with Gasteiger partial charge in [0.05, 0.1) is 17.3 Å². The van der Waals surface area contributed by atoms with E-state index in [0.29, 0.717) is 30.1 Å². The summed E-state index contributed by atoms with van der Waals surface area (Å²) < 4.78 is 29.0. The lowest BCUT2D eigenvalue weighted by molar-refractivity contribution is -0.188. The highest BCUT2D eigenvalue weighted by atomic mass is 28.4. The Morgan fingerprint density at radius 3 is 1.60 bits per heavy atom. The summed E-state index contributed by atoms with van der Waals surface area (Å²) in [5.41, 5.74) is -0.591. The van der Waals surface area contributed by atoms with Crippen LogP contribution in [-0.2, 0) is 27.5 Å². The van der Waals surface area contributed by atoms with Gasteiger partial charge in [-0.05, 0) is 27.2 Å². The van der Waals surface area contributed by atoms with Crippen LogP contribution in [0, 0.1) is 0 Å². The van der Waals surface area contributed by atoms with Gasteiger partial charge in [-0.15, -0.1) is 0 Å². The fourth-order valence-electron chi connectivity index (χ4n) is 2.04. The van der Waals surface area contributed by atoms with Crippen LogP contribution in [0.5, 0.6) is 0 Å². The molecule has 0 spiro atoms. The van der Waals surface area contributed by atoms with Crippen LogP contribution < -0.4 is 0 Å². The third-order valence-electron chi connectivity index (χ3n) is 2.92. The van der Waals surface area contributed by atoms with Crippen LogP contribution in [0.2, 0.25) is 0 Å². The highest BCUT2D eigenvalue weighted by Crippen LogP contribution is 2.28. The molecule has 7 heteroatoms. The molecule has 0 aromatic rings. The van der Waals surface area contributed by atoms with Gasteiger partial charge in [0.25, 0.3) is 0 Å². The molecule has 0 fully saturated rings.